The van der Waals surface area contributed by atoms with Gasteiger partial charge in [0.1, 0.15) is 0 Å². The summed E-state index contributed by atoms with van der Waals surface area (Å²) in [7, 11) is 0. The monoisotopic (exact) mass is 364 g/mol. The third-order valence-electron chi connectivity index (χ3n) is 6.10. The number of rotatable bonds is 3. The van der Waals surface area contributed by atoms with Crippen LogP contribution < -0.4 is 0 Å². The molecule has 7 nitrogen and oxygen atoms in total. The van der Waals surface area contributed by atoms with Crippen LogP contribution >= 0.6 is 0 Å². The standard InChI is InChI=1S/C19H28N2O5/c1-12(2)7-14-8-17(26-20-14)18(22)21-9-13-10-25-6-4-19(13,23)15-11-24-5-3-16(15)21/h8,12-13,15-16,23H,3-7,9-11H2,1-2H3/t13-,15+,16-,19-/m1/s1. The Kier molecular flexibility index (Phi) is 4.79. The number of carbonyl (C=O) groups is 1. The van der Waals surface area contributed by atoms with E-state index in [0.717, 1.165) is 18.5 Å². The van der Waals surface area contributed by atoms with Crippen LogP contribution in [0.5, 0.6) is 0 Å². The van der Waals surface area contributed by atoms with Crippen LogP contribution in [0, 0.1) is 17.8 Å². The summed E-state index contributed by atoms with van der Waals surface area (Å²) >= 11 is 0. The van der Waals surface area contributed by atoms with E-state index in [-0.39, 0.29) is 29.5 Å². The van der Waals surface area contributed by atoms with Crippen molar-refractivity contribution < 1.29 is 23.9 Å². The van der Waals surface area contributed by atoms with Gasteiger partial charge in [0, 0.05) is 50.1 Å². The number of aromatic nitrogens is 1. The molecule has 3 aliphatic rings. The van der Waals surface area contributed by atoms with E-state index in [1.807, 2.05) is 4.90 Å². The van der Waals surface area contributed by atoms with E-state index in [1.54, 1.807) is 6.07 Å². The molecule has 4 heterocycles. The molecule has 0 aromatic carbocycles. The third kappa shape index (κ3) is 3.06. The highest BCUT2D eigenvalue weighted by Gasteiger charge is 2.56. The second-order valence-corrected chi connectivity index (χ2v) is 8.29. The molecule has 26 heavy (non-hydrogen) atoms. The summed E-state index contributed by atoms with van der Waals surface area (Å²) < 4.78 is 16.6. The molecule has 3 aliphatic heterocycles. The normalized spacial score (nSPS) is 34.5. The minimum atomic E-state index is -0.815. The van der Waals surface area contributed by atoms with Gasteiger partial charge in [0.15, 0.2) is 0 Å². The lowest BCUT2D eigenvalue weighted by Crippen LogP contribution is -2.68. The molecular formula is C19H28N2O5. The van der Waals surface area contributed by atoms with Crippen molar-refractivity contribution in [1.82, 2.24) is 10.1 Å². The Balaban J connectivity index is 1.58. The molecular weight excluding hydrogens is 336 g/mol. The van der Waals surface area contributed by atoms with Gasteiger partial charge in [-0.2, -0.15) is 0 Å². The number of amides is 1. The van der Waals surface area contributed by atoms with Crippen molar-refractivity contribution in [2.45, 2.75) is 44.8 Å². The molecule has 0 unspecified atom stereocenters. The Morgan fingerprint density at radius 1 is 1.38 bits per heavy atom. The van der Waals surface area contributed by atoms with Crippen LogP contribution in [0.1, 0.15) is 42.9 Å². The molecule has 1 amide bonds. The van der Waals surface area contributed by atoms with Gasteiger partial charge in [-0.1, -0.05) is 19.0 Å². The third-order valence-corrected chi connectivity index (χ3v) is 6.10. The van der Waals surface area contributed by atoms with Crippen LogP contribution in [-0.2, 0) is 15.9 Å². The maximum Gasteiger partial charge on any atom is 0.292 e. The summed E-state index contributed by atoms with van der Waals surface area (Å²) in [4.78, 5) is 15.0. The van der Waals surface area contributed by atoms with Gasteiger partial charge in [-0.25, -0.2) is 0 Å². The highest BCUT2D eigenvalue weighted by atomic mass is 16.5. The smallest absolute Gasteiger partial charge is 0.292 e. The molecule has 3 fully saturated rings. The lowest BCUT2D eigenvalue weighted by molar-refractivity contribution is -0.212. The molecule has 0 saturated carbocycles. The predicted octanol–water partition coefficient (Wildman–Crippen LogP) is 1.50. The molecule has 0 radical (unpaired) electrons. The van der Waals surface area contributed by atoms with Crippen molar-refractivity contribution in [3.63, 3.8) is 0 Å². The van der Waals surface area contributed by atoms with E-state index in [4.69, 9.17) is 14.0 Å². The van der Waals surface area contributed by atoms with E-state index in [0.29, 0.717) is 45.3 Å². The van der Waals surface area contributed by atoms with Crippen LogP contribution in [0.25, 0.3) is 0 Å². The van der Waals surface area contributed by atoms with Gasteiger partial charge in [-0.05, 0) is 18.8 Å². The average molecular weight is 364 g/mol. The van der Waals surface area contributed by atoms with E-state index in [1.165, 1.54) is 0 Å². The summed E-state index contributed by atoms with van der Waals surface area (Å²) in [5.74, 6) is 0.416. The van der Waals surface area contributed by atoms with Crippen molar-refractivity contribution in [2.24, 2.45) is 17.8 Å². The number of piperidine rings is 1. The first-order valence-corrected chi connectivity index (χ1v) is 9.63. The van der Waals surface area contributed by atoms with Crippen LogP contribution in [-0.4, -0.2) is 65.7 Å². The summed E-state index contributed by atoms with van der Waals surface area (Å²) in [6, 6.07) is 1.73. The van der Waals surface area contributed by atoms with Crippen molar-refractivity contribution in [3.05, 3.63) is 17.5 Å². The lowest BCUT2D eigenvalue weighted by Gasteiger charge is -2.56. The number of hydrogen-bond acceptors (Lipinski definition) is 6. The summed E-state index contributed by atoms with van der Waals surface area (Å²) in [5.41, 5.74) is -0.00830. The molecule has 1 N–H and O–H groups in total. The van der Waals surface area contributed by atoms with E-state index < -0.39 is 5.60 Å². The maximum atomic E-state index is 13.2. The fraction of sp³-hybridized carbons (Fsp3) is 0.789. The molecule has 4 atom stereocenters. The van der Waals surface area contributed by atoms with E-state index in [9.17, 15) is 9.90 Å². The van der Waals surface area contributed by atoms with Gasteiger partial charge < -0.3 is 24.0 Å². The quantitative estimate of drug-likeness (QED) is 0.875. The first-order valence-electron chi connectivity index (χ1n) is 9.63. The van der Waals surface area contributed by atoms with Gasteiger partial charge in [0.25, 0.3) is 5.91 Å². The van der Waals surface area contributed by atoms with Crippen molar-refractivity contribution >= 4 is 5.91 Å². The number of nitrogens with zero attached hydrogens (tertiary/aromatic N) is 2. The molecule has 4 rings (SSSR count). The Morgan fingerprint density at radius 2 is 2.19 bits per heavy atom. The summed E-state index contributed by atoms with van der Waals surface area (Å²) in [5, 5.41) is 15.4. The zero-order valence-electron chi connectivity index (χ0n) is 15.5. The summed E-state index contributed by atoms with van der Waals surface area (Å²) in [6.07, 6.45) is 2.12. The molecule has 0 aliphatic carbocycles. The zero-order valence-corrected chi connectivity index (χ0v) is 15.5. The average Bonchev–Trinajstić information content (AvgIpc) is 3.08. The molecule has 1 aromatic rings. The SMILES string of the molecule is CC(C)Cc1cc(C(=O)N2C[C@@H]3COCC[C@]3(O)[C@H]3COCC[C@H]32)on1. The Morgan fingerprint density at radius 3 is 3.00 bits per heavy atom. The minimum Gasteiger partial charge on any atom is -0.389 e. The number of carbonyl (C=O) groups excluding carboxylic acids is 1. The maximum absolute atomic E-state index is 13.2. The first kappa shape index (κ1) is 17.9. The van der Waals surface area contributed by atoms with E-state index >= 15 is 0 Å². The Bertz CT molecular complexity index is 660. The first-order chi connectivity index (χ1) is 12.5. The summed E-state index contributed by atoms with van der Waals surface area (Å²) in [6.45, 7) is 6.82. The van der Waals surface area contributed by atoms with Gasteiger partial charge >= 0.3 is 0 Å². The van der Waals surface area contributed by atoms with Crippen molar-refractivity contribution in [1.29, 1.82) is 0 Å². The topological polar surface area (TPSA) is 85.0 Å². The van der Waals surface area contributed by atoms with Gasteiger partial charge in [0.2, 0.25) is 5.76 Å². The molecule has 3 saturated heterocycles. The highest BCUT2D eigenvalue weighted by molar-refractivity contribution is 5.92. The number of hydrogen-bond donors (Lipinski definition) is 1. The highest BCUT2D eigenvalue weighted by Crippen LogP contribution is 2.44. The van der Waals surface area contributed by atoms with Crippen LogP contribution in [0.15, 0.2) is 10.6 Å². The zero-order chi connectivity index (χ0) is 18.3. The molecule has 0 bridgehead atoms. The Labute approximate surface area is 153 Å². The molecule has 0 spiro atoms. The van der Waals surface area contributed by atoms with Gasteiger partial charge in [-0.3, -0.25) is 4.79 Å². The molecule has 144 valence electrons. The number of fused-ring (bicyclic) bond motifs is 3. The predicted molar refractivity (Wildman–Crippen MR) is 92.7 cm³/mol. The van der Waals surface area contributed by atoms with Crippen molar-refractivity contribution in [3.8, 4) is 0 Å². The van der Waals surface area contributed by atoms with Gasteiger partial charge in [0.05, 0.1) is 24.5 Å². The second-order valence-electron chi connectivity index (χ2n) is 8.29. The number of likely N-dealkylation sites (tertiary alicyclic amines) is 1. The lowest BCUT2D eigenvalue weighted by atomic mass is 9.66. The largest absolute Gasteiger partial charge is 0.389 e. The van der Waals surface area contributed by atoms with Crippen LogP contribution in [0.2, 0.25) is 0 Å². The number of aliphatic hydroxyl groups is 1. The second kappa shape index (κ2) is 6.94. The van der Waals surface area contributed by atoms with Crippen LogP contribution in [0.4, 0.5) is 0 Å². The Hall–Kier alpha value is -1.44. The number of ether oxygens (including phenoxy) is 2. The fourth-order valence-electron chi connectivity index (χ4n) is 4.76. The van der Waals surface area contributed by atoms with E-state index in [2.05, 4.69) is 19.0 Å². The molecule has 1 aromatic heterocycles. The van der Waals surface area contributed by atoms with Crippen molar-refractivity contribution in [2.75, 3.05) is 33.0 Å². The fourth-order valence-corrected chi connectivity index (χ4v) is 4.76. The minimum absolute atomic E-state index is 0.0331. The van der Waals surface area contributed by atoms with Crippen LogP contribution in [0.3, 0.4) is 0 Å². The molecule has 7 heteroatoms. The van der Waals surface area contributed by atoms with Gasteiger partial charge in [-0.15, -0.1) is 0 Å².